The number of nitrogens with zero attached hydrogens (tertiary/aromatic N) is 3. The van der Waals surface area contributed by atoms with E-state index < -0.39 is 0 Å². The summed E-state index contributed by atoms with van der Waals surface area (Å²) >= 11 is 1.42. The van der Waals surface area contributed by atoms with Crippen LogP contribution in [0.3, 0.4) is 0 Å². The number of carbonyl (C=O) groups excluding carboxylic acids is 2. The predicted molar refractivity (Wildman–Crippen MR) is 135 cm³/mol. The highest BCUT2D eigenvalue weighted by molar-refractivity contribution is 7.22. The molecule has 0 spiro atoms. The maximum absolute atomic E-state index is 12.0. The number of ketones is 1. The van der Waals surface area contributed by atoms with Gasteiger partial charge in [0.15, 0.2) is 10.9 Å². The summed E-state index contributed by atoms with van der Waals surface area (Å²) in [5.41, 5.74) is 4.46. The maximum atomic E-state index is 12.0. The lowest BCUT2D eigenvalue weighted by Crippen LogP contribution is -2.28. The number of anilines is 1. The summed E-state index contributed by atoms with van der Waals surface area (Å²) in [6, 6.07) is 9.31. The van der Waals surface area contributed by atoms with E-state index in [0.29, 0.717) is 17.6 Å². The van der Waals surface area contributed by atoms with Gasteiger partial charge in [0.2, 0.25) is 0 Å². The molecule has 0 bridgehead atoms. The molecule has 0 aliphatic carbocycles. The molecule has 2 amide bonds. The Hall–Kier alpha value is -3.39. The van der Waals surface area contributed by atoms with E-state index in [-0.39, 0.29) is 17.9 Å². The molecule has 33 heavy (non-hydrogen) atoms. The van der Waals surface area contributed by atoms with Crippen LogP contribution in [-0.4, -0.2) is 40.6 Å². The summed E-state index contributed by atoms with van der Waals surface area (Å²) in [4.78, 5) is 37.8. The van der Waals surface area contributed by atoms with Crippen LogP contribution >= 0.6 is 11.3 Å². The molecule has 2 N–H and O–H groups in total. The van der Waals surface area contributed by atoms with E-state index >= 15 is 0 Å². The first-order valence-corrected chi connectivity index (χ1v) is 11.9. The Morgan fingerprint density at radius 1 is 1.21 bits per heavy atom. The molecule has 1 aliphatic rings. The molecular weight excluding hydrogens is 434 g/mol. The number of hydrogen-bond donors (Lipinski definition) is 2. The van der Waals surface area contributed by atoms with Crippen molar-refractivity contribution < 1.29 is 9.59 Å². The Bertz CT molecular complexity index is 1230. The third kappa shape index (κ3) is 5.34. The Morgan fingerprint density at radius 2 is 2.06 bits per heavy atom. The topological polar surface area (TPSA) is 96.3 Å². The molecule has 8 heteroatoms. The van der Waals surface area contributed by atoms with Gasteiger partial charge < -0.3 is 5.32 Å². The number of aromatic nitrogens is 2. The van der Waals surface area contributed by atoms with Crippen molar-refractivity contribution in [2.75, 3.05) is 11.9 Å². The van der Waals surface area contributed by atoms with E-state index in [0.717, 1.165) is 45.5 Å². The van der Waals surface area contributed by atoms with Crippen LogP contribution in [0.5, 0.6) is 0 Å². The van der Waals surface area contributed by atoms with E-state index in [9.17, 15) is 9.59 Å². The fourth-order valence-corrected chi connectivity index (χ4v) is 4.81. The van der Waals surface area contributed by atoms with Crippen molar-refractivity contribution in [2.24, 2.45) is 10.9 Å². The second kappa shape index (κ2) is 10.0. The van der Waals surface area contributed by atoms with Crippen molar-refractivity contribution in [1.82, 2.24) is 15.3 Å². The molecular formula is C25H27N5O2S. The van der Waals surface area contributed by atoms with Gasteiger partial charge in [-0.05, 0) is 68.0 Å². The van der Waals surface area contributed by atoms with Gasteiger partial charge in [-0.2, -0.15) is 0 Å². The Labute approximate surface area is 197 Å². The summed E-state index contributed by atoms with van der Waals surface area (Å²) in [6.45, 7) is 6.16. The van der Waals surface area contributed by atoms with Crippen molar-refractivity contribution in [3.63, 3.8) is 0 Å². The van der Waals surface area contributed by atoms with Crippen LogP contribution in [0.1, 0.15) is 39.2 Å². The zero-order valence-electron chi connectivity index (χ0n) is 19.0. The van der Waals surface area contributed by atoms with E-state index in [1.54, 1.807) is 13.1 Å². The molecule has 0 radical (unpaired) electrons. The number of amides is 2. The number of Topliss-reactive ketones (excluding diaryl/α,β-unsaturated/α-hetero) is 1. The number of thiazole rings is 1. The average Bonchev–Trinajstić information content (AvgIpc) is 3.18. The van der Waals surface area contributed by atoms with E-state index in [1.807, 2.05) is 37.4 Å². The van der Waals surface area contributed by atoms with Crippen LogP contribution in [0.25, 0.3) is 27.0 Å². The lowest BCUT2D eigenvalue weighted by Gasteiger charge is -2.17. The number of benzene rings is 1. The van der Waals surface area contributed by atoms with Crippen molar-refractivity contribution in [2.45, 2.75) is 39.7 Å². The van der Waals surface area contributed by atoms with Crippen molar-refractivity contribution in [3.8, 4) is 11.3 Å². The second-order valence-corrected chi connectivity index (χ2v) is 9.17. The smallest absolute Gasteiger partial charge is 0.321 e. The molecule has 0 fully saturated rings. The van der Waals surface area contributed by atoms with Gasteiger partial charge in [0.25, 0.3) is 0 Å². The number of fused-ring (bicyclic) bond motifs is 1. The number of nitrogens with one attached hydrogen (secondary N) is 2. The Morgan fingerprint density at radius 3 is 2.79 bits per heavy atom. The van der Waals surface area contributed by atoms with Crippen LogP contribution in [-0.2, 0) is 4.79 Å². The molecule has 3 aromatic rings. The van der Waals surface area contributed by atoms with Gasteiger partial charge >= 0.3 is 6.03 Å². The minimum absolute atomic E-state index is 0.0879. The van der Waals surface area contributed by atoms with Crippen LogP contribution in [0.2, 0.25) is 0 Å². The van der Waals surface area contributed by atoms with Crippen molar-refractivity contribution in [1.29, 1.82) is 0 Å². The standard InChI is InChI=1S/C25H27N5O2S/c1-4-26-24(32)30-25-29-22-13-17(12-19(23(22)33-25)21-7-5-6-10-27-21)18-11-15(2)8-9-20(16(3)31)28-14-18/h5-7,10-15,20H,4,8-9H2,1-3H3,(H2,26,29,30,32)/b18-11+,28-14?. The number of carbonyl (C=O) groups is 2. The molecule has 2 aromatic heterocycles. The molecule has 170 valence electrons. The highest BCUT2D eigenvalue weighted by Gasteiger charge is 2.19. The zero-order chi connectivity index (χ0) is 23.4. The molecule has 0 saturated carbocycles. The Balaban J connectivity index is 1.83. The van der Waals surface area contributed by atoms with E-state index in [1.165, 1.54) is 11.3 Å². The largest absolute Gasteiger partial charge is 0.338 e. The molecule has 2 unspecified atom stereocenters. The van der Waals surface area contributed by atoms with Crippen LogP contribution in [0, 0.1) is 5.92 Å². The van der Waals surface area contributed by atoms with Crippen LogP contribution in [0.15, 0.2) is 47.6 Å². The first-order valence-electron chi connectivity index (χ1n) is 11.1. The lowest BCUT2D eigenvalue weighted by molar-refractivity contribution is -0.118. The summed E-state index contributed by atoms with van der Waals surface area (Å²) in [5, 5.41) is 6.06. The van der Waals surface area contributed by atoms with Gasteiger partial charge in [-0.15, -0.1) is 0 Å². The van der Waals surface area contributed by atoms with Gasteiger partial charge in [0.1, 0.15) is 6.04 Å². The van der Waals surface area contributed by atoms with Gasteiger partial charge in [-0.1, -0.05) is 30.4 Å². The highest BCUT2D eigenvalue weighted by atomic mass is 32.1. The summed E-state index contributed by atoms with van der Waals surface area (Å²) in [7, 11) is 0. The molecule has 7 nitrogen and oxygen atoms in total. The van der Waals surface area contributed by atoms with Crippen molar-refractivity contribution >= 4 is 50.3 Å². The number of hydrogen-bond acceptors (Lipinski definition) is 6. The Kier molecular flexibility index (Phi) is 6.93. The molecule has 1 aliphatic heterocycles. The van der Waals surface area contributed by atoms with E-state index in [2.05, 4.69) is 44.7 Å². The fourth-order valence-electron chi connectivity index (χ4n) is 3.84. The maximum Gasteiger partial charge on any atom is 0.321 e. The number of aliphatic imine (C=N–C) groups is 1. The first-order chi connectivity index (χ1) is 15.9. The van der Waals surface area contributed by atoms with E-state index in [4.69, 9.17) is 0 Å². The third-order valence-corrected chi connectivity index (χ3v) is 6.56. The fraction of sp³-hybridized carbons (Fsp3) is 0.320. The summed E-state index contributed by atoms with van der Waals surface area (Å²) in [6.07, 6.45) is 7.43. The molecule has 1 aromatic carbocycles. The number of allylic oxidation sites excluding steroid dienone is 2. The minimum atomic E-state index is -0.303. The van der Waals surface area contributed by atoms with Crippen molar-refractivity contribution in [3.05, 3.63) is 48.2 Å². The molecule has 4 rings (SSSR count). The predicted octanol–water partition coefficient (Wildman–Crippen LogP) is 5.34. The first kappa shape index (κ1) is 22.8. The average molecular weight is 462 g/mol. The highest BCUT2D eigenvalue weighted by Crippen LogP contribution is 2.37. The normalized spacial score (nSPS) is 19.9. The third-order valence-electron chi connectivity index (χ3n) is 5.54. The zero-order valence-corrected chi connectivity index (χ0v) is 19.8. The summed E-state index contributed by atoms with van der Waals surface area (Å²) in [5.74, 6) is 0.401. The van der Waals surface area contributed by atoms with Gasteiger partial charge in [-0.25, -0.2) is 9.78 Å². The van der Waals surface area contributed by atoms with Gasteiger partial charge in [0.05, 0.1) is 15.9 Å². The van der Waals surface area contributed by atoms with Gasteiger partial charge in [-0.3, -0.25) is 20.1 Å². The number of rotatable bonds is 5. The second-order valence-electron chi connectivity index (χ2n) is 8.17. The minimum Gasteiger partial charge on any atom is -0.338 e. The van der Waals surface area contributed by atoms with Crippen LogP contribution in [0.4, 0.5) is 9.93 Å². The number of pyridine rings is 1. The monoisotopic (exact) mass is 461 g/mol. The SMILES string of the molecule is CCNC(=O)Nc1nc2cc(/C3=C/C(C)CCC(C(C)=O)N=C3)cc(-c3ccccn3)c2s1. The van der Waals surface area contributed by atoms with Crippen LogP contribution < -0.4 is 10.6 Å². The van der Waals surface area contributed by atoms with Gasteiger partial charge in [0, 0.05) is 24.5 Å². The molecule has 3 heterocycles. The quantitative estimate of drug-likeness (QED) is 0.536. The number of urea groups is 1. The molecule has 0 saturated heterocycles. The summed E-state index contributed by atoms with van der Waals surface area (Å²) < 4.78 is 0.947. The lowest BCUT2D eigenvalue weighted by atomic mass is 9.93. The molecule has 2 atom stereocenters.